The van der Waals surface area contributed by atoms with Crippen molar-refractivity contribution in [1.29, 1.82) is 0 Å². The van der Waals surface area contributed by atoms with Crippen molar-refractivity contribution < 1.29 is 19.4 Å². The van der Waals surface area contributed by atoms with E-state index in [1.54, 1.807) is 35.1 Å². The van der Waals surface area contributed by atoms with Gasteiger partial charge in [0, 0.05) is 36.1 Å². The summed E-state index contributed by atoms with van der Waals surface area (Å²) in [6.45, 7) is 6.08. The summed E-state index contributed by atoms with van der Waals surface area (Å²) in [5.74, 6) is 0.710. The number of carbonyl (C=O) groups is 2. The second kappa shape index (κ2) is 8.61. The Hall–Kier alpha value is -3.52. The van der Waals surface area contributed by atoms with Crippen molar-refractivity contribution >= 4 is 22.7 Å². The maximum atomic E-state index is 14.0. The van der Waals surface area contributed by atoms with Gasteiger partial charge in [-0.3, -0.25) is 9.59 Å². The summed E-state index contributed by atoms with van der Waals surface area (Å²) < 4.78 is 5.47. The third-order valence-electron chi connectivity index (χ3n) is 7.55. The number of likely N-dealkylation sites (N-methyl/N-ethyl adjacent to an activating group) is 1. The van der Waals surface area contributed by atoms with Crippen molar-refractivity contribution in [1.82, 2.24) is 19.7 Å². The minimum atomic E-state index is -1.05. The average Bonchev–Trinajstić information content (AvgIpc) is 3.20. The second-order valence-electron chi connectivity index (χ2n) is 9.76. The van der Waals surface area contributed by atoms with Gasteiger partial charge in [0.25, 0.3) is 0 Å². The highest BCUT2D eigenvalue weighted by Crippen LogP contribution is 2.47. The number of benzene rings is 2. The van der Waals surface area contributed by atoms with Crippen LogP contribution in [-0.4, -0.2) is 82.5 Å². The molecule has 0 spiro atoms. The fraction of sp³-hybridized carbons (Fsp3) is 0.407. The van der Waals surface area contributed by atoms with E-state index in [4.69, 9.17) is 4.74 Å². The monoisotopic (exact) mass is 476 g/mol. The topological polar surface area (TPSA) is 89.1 Å². The number of aromatic amines is 1. The maximum absolute atomic E-state index is 14.0. The first-order valence-electron chi connectivity index (χ1n) is 12.0. The van der Waals surface area contributed by atoms with Crippen LogP contribution in [-0.2, 0) is 16.0 Å². The van der Waals surface area contributed by atoms with Crippen LogP contribution >= 0.6 is 0 Å². The zero-order valence-corrected chi connectivity index (χ0v) is 20.7. The molecular weight excluding hydrogens is 444 g/mol. The van der Waals surface area contributed by atoms with Crippen LogP contribution in [0.15, 0.2) is 42.5 Å². The number of phenolic OH excluding ortho intramolecular Hbond substituents is 1. The Labute approximate surface area is 205 Å². The smallest absolute Gasteiger partial charge is 0.249 e. The van der Waals surface area contributed by atoms with Crippen LogP contribution in [0, 0.1) is 0 Å². The maximum Gasteiger partial charge on any atom is 0.249 e. The molecule has 2 atom stereocenters. The number of H-pyrrole nitrogens is 1. The van der Waals surface area contributed by atoms with E-state index in [2.05, 4.69) is 16.8 Å². The van der Waals surface area contributed by atoms with E-state index in [9.17, 15) is 14.7 Å². The van der Waals surface area contributed by atoms with Crippen molar-refractivity contribution in [3.63, 3.8) is 0 Å². The number of piperazine rings is 1. The zero-order chi connectivity index (χ0) is 24.9. The Morgan fingerprint density at radius 1 is 1.23 bits per heavy atom. The molecule has 1 aromatic heterocycles. The quantitative estimate of drug-likeness (QED) is 0.571. The molecular formula is C27H32N4O4. The second-order valence-corrected chi connectivity index (χ2v) is 9.76. The normalized spacial score (nSPS) is 22.0. The summed E-state index contributed by atoms with van der Waals surface area (Å²) in [5.41, 5.74) is 2.50. The molecule has 8 nitrogen and oxygen atoms in total. The number of methoxy groups -OCH3 is 1. The molecule has 5 rings (SSSR count). The van der Waals surface area contributed by atoms with Crippen LogP contribution in [0.1, 0.15) is 36.7 Å². The number of rotatable bonds is 6. The minimum absolute atomic E-state index is 0.0463. The van der Waals surface area contributed by atoms with Crippen LogP contribution < -0.4 is 4.74 Å². The fourth-order valence-corrected chi connectivity index (χ4v) is 5.53. The van der Waals surface area contributed by atoms with E-state index < -0.39 is 11.6 Å². The van der Waals surface area contributed by atoms with Crippen LogP contribution in [0.25, 0.3) is 10.9 Å². The van der Waals surface area contributed by atoms with E-state index in [1.165, 1.54) is 0 Å². The molecule has 3 heterocycles. The highest BCUT2D eigenvalue weighted by molar-refractivity contribution is 6.00. The summed E-state index contributed by atoms with van der Waals surface area (Å²) in [6, 6.07) is 12.3. The van der Waals surface area contributed by atoms with Crippen molar-refractivity contribution in [3.8, 4) is 11.5 Å². The van der Waals surface area contributed by atoms with Gasteiger partial charge in [-0.25, -0.2) is 0 Å². The minimum Gasteiger partial charge on any atom is -0.508 e. The van der Waals surface area contributed by atoms with Crippen LogP contribution in [0.5, 0.6) is 11.5 Å². The molecule has 1 saturated heterocycles. The lowest BCUT2D eigenvalue weighted by Gasteiger charge is -2.53. The van der Waals surface area contributed by atoms with Gasteiger partial charge in [0.05, 0.1) is 19.7 Å². The number of amides is 2. The summed E-state index contributed by atoms with van der Waals surface area (Å²) in [4.78, 5) is 36.8. The van der Waals surface area contributed by atoms with Gasteiger partial charge in [-0.15, -0.1) is 0 Å². The van der Waals surface area contributed by atoms with Crippen LogP contribution in [0.3, 0.4) is 0 Å². The SMILES string of the molecule is CCN(C)CCN1CC(=O)N2[C@H](c3cccc(O)c3)c3[nH]c4ccc(OC)cc4c3C[C@@]2(C)C1=O. The number of fused-ring (bicyclic) bond motifs is 4. The molecule has 0 radical (unpaired) electrons. The predicted molar refractivity (Wildman–Crippen MR) is 134 cm³/mol. The van der Waals surface area contributed by atoms with Gasteiger partial charge in [0.1, 0.15) is 17.0 Å². The first-order valence-corrected chi connectivity index (χ1v) is 12.0. The molecule has 35 heavy (non-hydrogen) atoms. The molecule has 2 aliphatic heterocycles. The number of aromatic hydroxyl groups is 1. The molecule has 0 bridgehead atoms. The standard InChI is InChI=1S/C27H32N4O4/c1-5-29(3)11-12-30-16-23(33)31-25(17-7-6-8-18(32)13-17)24-21(15-27(31,2)26(30)34)20-14-19(35-4)9-10-22(20)28-24/h6-10,13-14,25,28,32H,5,11-12,15-16H2,1-4H3/t25-,27+/m1/s1. The number of hydrogen-bond acceptors (Lipinski definition) is 5. The number of hydrogen-bond donors (Lipinski definition) is 2. The van der Waals surface area contributed by atoms with Crippen molar-refractivity contribution in [2.45, 2.75) is 31.8 Å². The fourth-order valence-electron chi connectivity index (χ4n) is 5.53. The highest BCUT2D eigenvalue weighted by atomic mass is 16.5. The molecule has 0 aliphatic carbocycles. The van der Waals surface area contributed by atoms with Gasteiger partial charge < -0.3 is 29.5 Å². The Bertz CT molecular complexity index is 1300. The van der Waals surface area contributed by atoms with Crippen molar-refractivity contribution in [3.05, 3.63) is 59.3 Å². The summed E-state index contributed by atoms with van der Waals surface area (Å²) in [6.07, 6.45) is 0.398. The summed E-state index contributed by atoms with van der Waals surface area (Å²) in [5, 5.41) is 11.2. The molecule has 2 aromatic carbocycles. The molecule has 2 aliphatic rings. The Kier molecular flexibility index (Phi) is 5.71. The largest absolute Gasteiger partial charge is 0.508 e. The average molecular weight is 477 g/mol. The Morgan fingerprint density at radius 2 is 2.03 bits per heavy atom. The van der Waals surface area contributed by atoms with E-state index >= 15 is 0 Å². The molecule has 0 unspecified atom stereocenters. The van der Waals surface area contributed by atoms with Crippen LogP contribution in [0.4, 0.5) is 0 Å². The molecule has 8 heteroatoms. The van der Waals surface area contributed by atoms with E-state index in [-0.39, 0.29) is 24.1 Å². The van der Waals surface area contributed by atoms with Gasteiger partial charge >= 0.3 is 0 Å². The lowest BCUT2D eigenvalue weighted by atomic mass is 9.78. The van der Waals surface area contributed by atoms with Gasteiger partial charge in [-0.2, -0.15) is 0 Å². The van der Waals surface area contributed by atoms with Gasteiger partial charge in [-0.1, -0.05) is 19.1 Å². The third-order valence-corrected chi connectivity index (χ3v) is 7.55. The Morgan fingerprint density at radius 3 is 2.74 bits per heavy atom. The number of carbonyl (C=O) groups excluding carboxylic acids is 2. The first-order chi connectivity index (χ1) is 16.8. The van der Waals surface area contributed by atoms with Crippen molar-refractivity contribution in [2.75, 3.05) is 40.3 Å². The number of ether oxygens (including phenoxy) is 1. The van der Waals surface area contributed by atoms with Crippen molar-refractivity contribution in [2.24, 2.45) is 0 Å². The van der Waals surface area contributed by atoms with Gasteiger partial charge in [0.15, 0.2) is 0 Å². The number of aromatic nitrogens is 1. The van der Waals surface area contributed by atoms with Gasteiger partial charge in [-0.05, 0) is 62.0 Å². The predicted octanol–water partition coefficient (Wildman–Crippen LogP) is 2.91. The summed E-state index contributed by atoms with van der Waals surface area (Å²) in [7, 11) is 3.64. The lowest BCUT2D eigenvalue weighted by Crippen LogP contribution is -2.70. The Balaban J connectivity index is 1.67. The molecule has 184 valence electrons. The molecule has 3 aromatic rings. The van der Waals surface area contributed by atoms with E-state index in [0.717, 1.165) is 40.0 Å². The van der Waals surface area contributed by atoms with Gasteiger partial charge in [0.2, 0.25) is 11.8 Å². The third kappa shape index (κ3) is 3.72. The summed E-state index contributed by atoms with van der Waals surface area (Å²) >= 11 is 0. The number of nitrogens with zero attached hydrogens (tertiary/aromatic N) is 3. The van der Waals surface area contributed by atoms with Crippen LogP contribution in [0.2, 0.25) is 0 Å². The first kappa shape index (κ1) is 23.2. The molecule has 1 fully saturated rings. The lowest BCUT2D eigenvalue weighted by molar-refractivity contribution is -0.167. The zero-order valence-electron chi connectivity index (χ0n) is 20.7. The van der Waals surface area contributed by atoms with E-state index in [0.29, 0.717) is 19.5 Å². The van der Waals surface area contributed by atoms with E-state index in [1.807, 2.05) is 38.2 Å². The number of phenols is 1. The molecule has 2 amide bonds. The molecule has 0 saturated carbocycles. The molecule has 2 N–H and O–H groups in total. The highest BCUT2D eigenvalue weighted by Gasteiger charge is 2.55. The number of nitrogens with one attached hydrogen (secondary N) is 1.